The highest BCUT2D eigenvalue weighted by molar-refractivity contribution is 6.33. The molecule has 0 atom stereocenters. The summed E-state index contributed by atoms with van der Waals surface area (Å²) in [5, 5.41) is 1.93. The van der Waals surface area contributed by atoms with Crippen molar-refractivity contribution in [3.63, 3.8) is 0 Å². The van der Waals surface area contributed by atoms with Gasteiger partial charge in [0.1, 0.15) is 0 Å². The molecule has 2 aromatic carbocycles. The first-order valence-electron chi connectivity index (χ1n) is 8.93. The topological polar surface area (TPSA) is 28.5 Å². The van der Waals surface area contributed by atoms with E-state index in [2.05, 4.69) is 27.8 Å². The van der Waals surface area contributed by atoms with Crippen molar-refractivity contribution in [3.8, 4) is 0 Å². The number of aromatic nitrogens is 1. The Morgan fingerprint density at radius 2 is 1.69 bits per heavy atom. The fraction of sp³-hybridized carbons (Fsp3) is 0.286. The Bertz CT molecular complexity index is 941. The third-order valence-electron chi connectivity index (χ3n) is 5.15. The Morgan fingerprint density at radius 3 is 2.46 bits per heavy atom. The molecule has 1 saturated heterocycles. The van der Waals surface area contributed by atoms with E-state index in [1.165, 1.54) is 5.52 Å². The first kappa shape index (κ1) is 17.0. The summed E-state index contributed by atoms with van der Waals surface area (Å²) in [6.45, 7) is 3.08. The van der Waals surface area contributed by atoms with Crippen LogP contribution in [0, 0.1) is 0 Å². The summed E-state index contributed by atoms with van der Waals surface area (Å²) in [6.07, 6.45) is 2.52. The molecule has 1 amide bonds. The molecule has 5 heteroatoms. The summed E-state index contributed by atoms with van der Waals surface area (Å²) in [5.41, 5.74) is 3.32. The number of nitrogens with zero attached hydrogens (tertiary/aromatic N) is 3. The van der Waals surface area contributed by atoms with Gasteiger partial charge in [-0.1, -0.05) is 41.9 Å². The standard InChI is InChI=1S/C21H22ClN3O/c1-23-15-16(17-6-2-4-8-19(17)23)14-21(26)25-12-10-24(11-13-25)20-9-5-3-7-18(20)22/h2-9,15H,10-14H2,1H3. The van der Waals surface area contributed by atoms with Crippen LogP contribution < -0.4 is 4.90 Å². The van der Waals surface area contributed by atoms with Gasteiger partial charge in [-0.3, -0.25) is 4.79 Å². The van der Waals surface area contributed by atoms with Crippen LogP contribution in [-0.4, -0.2) is 41.6 Å². The SMILES string of the molecule is Cn1cc(CC(=O)N2CCN(c3ccccc3Cl)CC2)c2ccccc21. The van der Waals surface area contributed by atoms with Crippen LogP contribution in [0.25, 0.3) is 10.9 Å². The summed E-state index contributed by atoms with van der Waals surface area (Å²) in [6, 6.07) is 16.1. The zero-order valence-corrected chi connectivity index (χ0v) is 15.6. The van der Waals surface area contributed by atoms with Crippen molar-refractivity contribution in [2.24, 2.45) is 7.05 Å². The van der Waals surface area contributed by atoms with E-state index in [1.54, 1.807) is 0 Å². The van der Waals surface area contributed by atoms with Crippen molar-refractivity contribution in [2.75, 3.05) is 31.1 Å². The number of hydrogen-bond donors (Lipinski definition) is 0. The second-order valence-electron chi connectivity index (χ2n) is 6.78. The lowest BCUT2D eigenvalue weighted by atomic mass is 10.1. The number of amides is 1. The van der Waals surface area contributed by atoms with Crippen LogP contribution in [0.15, 0.2) is 54.7 Å². The first-order chi connectivity index (χ1) is 12.6. The molecule has 3 aromatic rings. The molecule has 0 aliphatic carbocycles. The van der Waals surface area contributed by atoms with E-state index in [4.69, 9.17) is 11.6 Å². The molecule has 0 N–H and O–H groups in total. The highest BCUT2D eigenvalue weighted by Gasteiger charge is 2.23. The molecular formula is C21H22ClN3O. The normalized spacial score (nSPS) is 14.8. The van der Waals surface area contributed by atoms with Gasteiger partial charge in [-0.05, 0) is 23.8 Å². The van der Waals surface area contributed by atoms with Gasteiger partial charge in [-0.15, -0.1) is 0 Å². The lowest BCUT2D eigenvalue weighted by Gasteiger charge is -2.36. The maximum absolute atomic E-state index is 12.8. The highest BCUT2D eigenvalue weighted by atomic mass is 35.5. The molecule has 1 fully saturated rings. The zero-order chi connectivity index (χ0) is 18.1. The van der Waals surface area contributed by atoms with Crippen molar-refractivity contribution in [3.05, 3.63) is 65.3 Å². The van der Waals surface area contributed by atoms with Crippen molar-refractivity contribution in [2.45, 2.75) is 6.42 Å². The number of fused-ring (bicyclic) bond motifs is 1. The quantitative estimate of drug-likeness (QED) is 0.705. The molecule has 0 spiro atoms. The number of halogens is 1. The van der Waals surface area contributed by atoms with Crippen LogP contribution in [0.5, 0.6) is 0 Å². The average Bonchev–Trinajstić information content (AvgIpc) is 2.98. The molecule has 0 saturated carbocycles. The third kappa shape index (κ3) is 3.17. The van der Waals surface area contributed by atoms with Crippen LogP contribution in [0.2, 0.25) is 5.02 Å². The van der Waals surface area contributed by atoms with Gasteiger partial charge < -0.3 is 14.4 Å². The number of carbonyl (C=O) groups is 1. The van der Waals surface area contributed by atoms with Gasteiger partial charge in [-0.2, -0.15) is 0 Å². The maximum atomic E-state index is 12.8. The summed E-state index contributed by atoms with van der Waals surface area (Å²) < 4.78 is 2.09. The molecule has 1 aliphatic rings. The fourth-order valence-corrected chi connectivity index (χ4v) is 4.00. The smallest absolute Gasteiger partial charge is 0.227 e. The fourth-order valence-electron chi connectivity index (χ4n) is 3.75. The third-order valence-corrected chi connectivity index (χ3v) is 5.47. The Kier molecular flexibility index (Phi) is 4.60. The van der Waals surface area contributed by atoms with Gasteiger partial charge in [0.2, 0.25) is 5.91 Å². The van der Waals surface area contributed by atoms with Gasteiger partial charge in [0.15, 0.2) is 0 Å². The van der Waals surface area contributed by atoms with Crippen LogP contribution in [-0.2, 0) is 18.3 Å². The number of para-hydroxylation sites is 2. The largest absolute Gasteiger partial charge is 0.367 e. The molecule has 1 aromatic heterocycles. The van der Waals surface area contributed by atoms with E-state index in [1.807, 2.05) is 48.3 Å². The minimum Gasteiger partial charge on any atom is -0.367 e. The molecule has 0 unspecified atom stereocenters. The molecular weight excluding hydrogens is 346 g/mol. The van der Waals surface area contributed by atoms with Gasteiger partial charge in [0.25, 0.3) is 0 Å². The van der Waals surface area contributed by atoms with Crippen LogP contribution in [0.3, 0.4) is 0 Å². The Labute approximate surface area is 158 Å². The van der Waals surface area contributed by atoms with E-state index < -0.39 is 0 Å². The lowest BCUT2D eigenvalue weighted by Crippen LogP contribution is -2.49. The number of benzene rings is 2. The minimum absolute atomic E-state index is 0.195. The van der Waals surface area contributed by atoms with E-state index in [9.17, 15) is 4.79 Å². The van der Waals surface area contributed by atoms with Gasteiger partial charge >= 0.3 is 0 Å². The summed E-state index contributed by atoms with van der Waals surface area (Å²) in [5.74, 6) is 0.195. The minimum atomic E-state index is 0.195. The molecule has 26 heavy (non-hydrogen) atoms. The van der Waals surface area contributed by atoms with E-state index in [0.717, 1.165) is 47.8 Å². The van der Waals surface area contributed by atoms with E-state index in [0.29, 0.717) is 6.42 Å². The van der Waals surface area contributed by atoms with Gasteiger partial charge in [0.05, 0.1) is 17.1 Å². The second kappa shape index (κ2) is 7.04. The molecule has 0 radical (unpaired) electrons. The van der Waals surface area contributed by atoms with Crippen molar-refractivity contribution >= 4 is 34.1 Å². The Balaban J connectivity index is 1.43. The Morgan fingerprint density at radius 1 is 1.00 bits per heavy atom. The number of rotatable bonds is 3. The molecule has 134 valence electrons. The molecule has 2 heterocycles. The van der Waals surface area contributed by atoms with Crippen LogP contribution >= 0.6 is 11.6 Å². The monoisotopic (exact) mass is 367 g/mol. The van der Waals surface area contributed by atoms with E-state index in [-0.39, 0.29) is 5.91 Å². The first-order valence-corrected chi connectivity index (χ1v) is 9.31. The number of aryl methyl sites for hydroxylation is 1. The van der Waals surface area contributed by atoms with Crippen molar-refractivity contribution in [1.82, 2.24) is 9.47 Å². The number of hydrogen-bond acceptors (Lipinski definition) is 2. The number of carbonyl (C=O) groups excluding carboxylic acids is 1. The molecule has 0 bridgehead atoms. The van der Waals surface area contributed by atoms with Gasteiger partial charge in [0, 0.05) is 50.3 Å². The summed E-state index contributed by atoms with van der Waals surface area (Å²) >= 11 is 6.30. The van der Waals surface area contributed by atoms with Gasteiger partial charge in [-0.25, -0.2) is 0 Å². The lowest BCUT2D eigenvalue weighted by molar-refractivity contribution is -0.130. The summed E-state index contributed by atoms with van der Waals surface area (Å²) in [4.78, 5) is 17.0. The van der Waals surface area contributed by atoms with E-state index >= 15 is 0 Å². The van der Waals surface area contributed by atoms with Crippen LogP contribution in [0.1, 0.15) is 5.56 Å². The molecule has 1 aliphatic heterocycles. The van der Waals surface area contributed by atoms with Crippen LogP contribution in [0.4, 0.5) is 5.69 Å². The average molecular weight is 368 g/mol. The molecule has 4 nitrogen and oxygen atoms in total. The zero-order valence-electron chi connectivity index (χ0n) is 14.9. The molecule has 4 rings (SSSR count). The summed E-state index contributed by atoms with van der Waals surface area (Å²) in [7, 11) is 2.03. The second-order valence-corrected chi connectivity index (χ2v) is 7.19. The predicted molar refractivity (Wildman–Crippen MR) is 107 cm³/mol. The maximum Gasteiger partial charge on any atom is 0.227 e. The van der Waals surface area contributed by atoms with Crippen molar-refractivity contribution in [1.29, 1.82) is 0 Å². The highest BCUT2D eigenvalue weighted by Crippen LogP contribution is 2.26. The van der Waals surface area contributed by atoms with Crippen molar-refractivity contribution < 1.29 is 4.79 Å². The number of piperazine rings is 1. The number of anilines is 1. The predicted octanol–water partition coefficient (Wildman–Crippen LogP) is 3.72. The Hall–Kier alpha value is -2.46.